The maximum Gasteiger partial charge on any atom is 0.416 e. The number of amides is 2. The second-order valence-corrected chi connectivity index (χ2v) is 6.59. The van der Waals surface area contributed by atoms with Gasteiger partial charge in [-0.25, -0.2) is 0 Å². The second-order valence-electron chi connectivity index (χ2n) is 6.59. The summed E-state index contributed by atoms with van der Waals surface area (Å²) in [6.07, 6.45) is -3.07. The van der Waals surface area contributed by atoms with Crippen LogP contribution in [0.5, 0.6) is 0 Å². The first-order valence-electron chi connectivity index (χ1n) is 8.94. The molecule has 2 amide bonds. The average molecular weight is 428 g/mol. The van der Waals surface area contributed by atoms with E-state index in [2.05, 4.69) is 16.0 Å². The van der Waals surface area contributed by atoms with Crippen molar-refractivity contribution in [1.82, 2.24) is 5.32 Å². The molecular weight excluding hydrogens is 407 g/mol. The van der Waals surface area contributed by atoms with Crippen LogP contribution in [0.25, 0.3) is 0 Å². The summed E-state index contributed by atoms with van der Waals surface area (Å²) in [6.45, 7) is 1.52. The molecule has 9 heteroatoms. The Morgan fingerprint density at radius 2 is 1.66 bits per heavy atom. The van der Waals surface area contributed by atoms with Gasteiger partial charge in [0.2, 0.25) is 5.91 Å². The lowest BCUT2D eigenvalue weighted by Gasteiger charge is -2.22. The SMILES string of the molecule is Cl.O=C(Nc1cccc(C(F)(F)F)c1)c1ccccc1NC(=O)C1CCNCC1. The fourth-order valence-corrected chi connectivity index (χ4v) is 3.08. The lowest BCUT2D eigenvalue weighted by Crippen LogP contribution is -2.35. The van der Waals surface area contributed by atoms with Crippen LogP contribution in [0.4, 0.5) is 24.5 Å². The van der Waals surface area contributed by atoms with Crippen LogP contribution in [0.1, 0.15) is 28.8 Å². The molecule has 1 aliphatic heterocycles. The van der Waals surface area contributed by atoms with Gasteiger partial charge in [0.15, 0.2) is 0 Å². The Bertz CT molecular complexity index is 868. The van der Waals surface area contributed by atoms with E-state index in [1.165, 1.54) is 18.2 Å². The molecule has 1 heterocycles. The predicted octanol–water partition coefficient (Wildman–Crippen LogP) is 4.32. The molecule has 1 fully saturated rings. The van der Waals surface area contributed by atoms with E-state index in [0.29, 0.717) is 18.5 Å². The first kappa shape index (κ1) is 22.7. The molecule has 5 nitrogen and oxygen atoms in total. The van der Waals surface area contributed by atoms with Crippen LogP contribution >= 0.6 is 12.4 Å². The molecule has 3 N–H and O–H groups in total. The zero-order valence-corrected chi connectivity index (χ0v) is 16.2. The molecule has 0 aromatic heterocycles. The number of anilines is 2. The van der Waals surface area contributed by atoms with Crippen LogP contribution in [-0.2, 0) is 11.0 Å². The third-order valence-corrected chi connectivity index (χ3v) is 4.59. The summed E-state index contributed by atoms with van der Waals surface area (Å²) in [5.41, 5.74) is -0.310. The Balaban J connectivity index is 0.00000300. The Morgan fingerprint density at radius 3 is 2.34 bits per heavy atom. The van der Waals surface area contributed by atoms with E-state index in [0.717, 1.165) is 25.2 Å². The Kier molecular flexibility index (Phi) is 7.64. The molecule has 2 aromatic rings. The van der Waals surface area contributed by atoms with E-state index in [1.54, 1.807) is 18.2 Å². The lowest BCUT2D eigenvalue weighted by atomic mass is 9.97. The molecule has 0 saturated carbocycles. The van der Waals surface area contributed by atoms with Crippen molar-refractivity contribution in [2.45, 2.75) is 19.0 Å². The monoisotopic (exact) mass is 427 g/mol. The number of hydrogen-bond acceptors (Lipinski definition) is 3. The largest absolute Gasteiger partial charge is 0.416 e. The van der Waals surface area contributed by atoms with Crippen molar-refractivity contribution in [2.24, 2.45) is 5.92 Å². The summed E-state index contributed by atoms with van der Waals surface area (Å²) in [7, 11) is 0. The van der Waals surface area contributed by atoms with Gasteiger partial charge in [0.05, 0.1) is 16.8 Å². The molecule has 0 atom stereocenters. The number of halogens is 4. The molecule has 156 valence electrons. The molecule has 3 rings (SSSR count). The highest BCUT2D eigenvalue weighted by Crippen LogP contribution is 2.31. The molecule has 0 radical (unpaired) electrons. The standard InChI is InChI=1S/C20H20F3N3O2.ClH/c21-20(22,23)14-4-3-5-15(12-14)25-19(28)16-6-1-2-7-17(16)26-18(27)13-8-10-24-11-9-13;/h1-7,12-13,24H,8-11H2,(H,25,28)(H,26,27);1H. The molecule has 0 spiro atoms. The van der Waals surface area contributed by atoms with E-state index in [4.69, 9.17) is 0 Å². The summed E-state index contributed by atoms with van der Waals surface area (Å²) in [6, 6.07) is 10.8. The van der Waals surface area contributed by atoms with E-state index < -0.39 is 17.6 Å². The van der Waals surface area contributed by atoms with Gasteiger partial charge in [0.25, 0.3) is 5.91 Å². The zero-order valence-electron chi connectivity index (χ0n) is 15.4. The topological polar surface area (TPSA) is 70.2 Å². The molecule has 0 aliphatic carbocycles. The normalized spacial score (nSPS) is 14.6. The van der Waals surface area contributed by atoms with Crippen molar-refractivity contribution in [3.8, 4) is 0 Å². The van der Waals surface area contributed by atoms with Gasteiger partial charge in [-0.1, -0.05) is 18.2 Å². The number of para-hydroxylation sites is 1. The molecule has 1 saturated heterocycles. The smallest absolute Gasteiger partial charge is 0.325 e. The van der Waals surface area contributed by atoms with E-state index in [9.17, 15) is 22.8 Å². The highest BCUT2D eigenvalue weighted by atomic mass is 35.5. The second kappa shape index (κ2) is 9.76. The summed E-state index contributed by atoms with van der Waals surface area (Å²) in [5, 5.41) is 8.42. The number of benzene rings is 2. The predicted molar refractivity (Wildman–Crippen MR) is 107 cm³/mol. The molecular formula is C20H21ClF3N3O2. The number of nitrogens with one attached hydrogen (secondary N) is 3. The molecule has 29 heavy (non-hydrogen) atoms. The number of alkyl halides is 3. The van der Waals surface area contributed by atoms with Crippen LogP contribution in [0, 0.1) is 5.92 Å². The zero-order chi connectivity index (χ0) is 20.1. The molecule has 2 aromatic carbocycles. The van der Waals surface area contributed by atoms with E-state index >= 15 is 0 Å². The van der Waals surface area contributed by atoms with Crippen molar-refractivity contribution in [1.29, 1.82) is 0 Å². The summed E-state index contributed by atoms with van der Waals surface area (Å²) in [5.74, 6) is -0.901. The van der Waals surface area contributed by atoms with Gasteiger partial charge >= 0.3 is 6.18 Å². The van der Waals surface area contributed by atoms with Gasteiger partial charge in [0.1, 0.15) is 0 Å². The van der Waals surface area contributed by atoms with Gasteiger partial charge in [-0.2, -0.15) is 13.2 Å². The van der Waals surface area contributed by atoms with Gasteiger partial charge in [0, 0.05) is 11.6 Å². The first-order chi connectivity index (χ1) is 13.3. The fraction of sp³-hybridized carbons (Fsp3) is 0.300. The minimum atomic E-state index is -4.50. The Labute approximate surface area is 172 Å². The van der Waals surface area contributed by atoms with Crippen molar-refractivity contribution in [3.63, 3.8) is 0 Å². The maximum absolute atomic E-state index is 12.8. The highest BCUT2D eigenvalue weighted by molar-refractivity contribution is 6.10. The Morgan fingerprint density at radius 1 is 0.966 bits per heavy atom. The van der Waals surface area contributed by atoms with Gasteiger partial charge in [-0.15, -0.1) is 12.4 Å². The fourth-order valence-electron chi connectivity index (χ4n) is 3.08. The molecule has 1 aliphatic rings. The number of carbonyl (C=O) groups is 2. The van der Waals surface area contributed by atoms with Crippen LogP contribution in [0.15, 0.2) is 48.5 Å². The number of hydrogen-bond donors (Lipinski definition) is 3. The summed E-state index contributed by atoms with van der Waals surface area (Å²) in [4.78, 5) is 25.1. The number of piperidine rings is 1. The lowest BCUT2D eigenvalue weighted by molar-refractivity contribution is -0.137. The van der Waals surface area contributed by atoms with E-state index in [1.807, 2.05) is 0 Å². The van der Waals surface area contributed by atoms with Crippen molar-refractivity contribution in [3.05, 3.63) is 59.7 Å². The van der Waals surface area contributed by atoms with Gasteiger partial charge in [-0.05, 0) is 56.3 Å². The summed E-state index contributed by atoms with van der Waals surface area (Å²) < 4.78 is 38.5. The van der Waals surface area contributed by atoms with Crippen LogP contribution in [-0.4, -0.2) is 24.9 Å². The van der Waals surface area contributed by atoms with Crippen molar-refractivity contribution >= 4 is 35.6 Å². The van der Waals surface area contributed by atoms with E-state index in [-0.39, 0.29) is 35.5 Å². The van der Waals surface area contributed by atoms with Crippen LogP contribution in [0.2, 0.25) is 0 Å². The van der Waals surface area contributed by atoms with Gasteiger partial charge in [-0.3, -0.25) is 9.59 Å². The van der Waals surface area contributed by atoms with Crippen LogP contribution < -0.4 is 16.0 Å². The number of rotatable bonds is 4. The average Bonchev–Trinajstić information content (AvgIpc) is 2.68. The quantitative estimate of drug-likeness (QED) is 0.680. The minimum Gasteiger partial charge on any atom is -0.325 e. The highest BCUT2D eigenvalue weighted by Gasteiger charge is 2.30. The third-order valence-electron chi connectivity index (χ3n) is 4.59. The molecule has 0 bridgehead atoms. The molecule has 0 unspecified atom stereocenters. The number of carbonyl (C=O) groups excluding carboxylic acids is 2. The van der Waals surface area contributed by atoms with Crippen molar-refractivity contribution < 1.29 is 22.8 Å². The first-order valence-corrected chi connectivity index (χ1v) is 8.94. The van der Waals surface area contributed by atoms with Gasteiger partial charge < -0.3 is 16.0 Å². The van der Waals surface area contributed by atoms with Crippen LogP contribution in [0.3, 0.4) is 0 Å². The Hall–Kier alpha value is -2.58. The summed E-state index contributed by atoms with van der Waals surface area (Å²) >= 11 is 0. The third kappa shape index (κ3) is 5.95. The van der Waals surface area contributed by atoms with Crippen molar-refractivity contribution in [2.75, 3.05) is 23.7 Å². The maximum atomic E-state index is 12.8. The minimum absolute atomic E-state index is 0.